The van der Waals surface area contributed by atoms with E-state index in [2.05, 4.69) is 48.2 Å². The third kappa shape index (κ3) is 2.82. The Morgan fingerprint density at radius 3 is 2.75 bits per heavy atom. The van der Waals surface area contributed by atoms with Crippen molar-refractivity contribution >= 4 is 64.2 Å². The largest absolute Gasteiger partial charge is 0.496 e. The molecule has 0 atom stereocenters. The summed E-state index contributed by atoms with van der Waals surface area (Å²) in [5.41, 5.74) is 1.95. The van der Waals surface area contributed by atoms with Crippen LogP contribution in [0.2, 0.25) is 0 Å². The smallest absolute Gasteiger partial charge is 0.188 e. The van der Waals surface area contributed by atoms with Crippen LogP contribution in [0.3, 0.4) is 0 Å². The van der Waals surface area contributed by atoms with Crippen LogP contribution >= 0.6 is 43.2 Å². The predicted molar refractivity (Wildman–Crippen MR) is 91.3 cm³/mol. The fourth-order valence-corrected chi connectivity index (χ4v) is 3.58. The van der Waals surface area contributed by atoms with Crippen molar-refractivity contribution < 1.29 is 4.74 Å². The second-order valence-corrected chi connectivity index (χ2v) is 6.91. The van der Waals surface area contributed by atoms with Crippen molar-refractivity contribution in [2.45, 2.75) is 0 Å². The molecule has 20 heavy (non-hydrogen) atoms. The maximum absolute atomic E-state index is 5.22. The number of aromatic nitrogens is 1. The highest BCUT2D eigenvalue weighted by molar-refractivity contribution is 9.10. The molecular weight excluding hydrogens is 404 g/mol. The van der Waals surface area contributed by atoms with Gasteiger partial charge in [-0.1, -0.05) is 27.3 Å². The highest BCUT2D eigenvalue weighted by Crippen LogP contribution is 2.32. The number of anilines is 2. The predicted octanol–water partition coefficient (Wildman–Crippen LogP) is 5.57. The van der Waals surface area contributed by atoms with Crippen LogP contribution in [0, 0.1) is 0 Å². The number of hydrogen-bond acceptors (Lipinski definition) is 4. The third-order valence-corrected chi connectivity index (χ3v) is 4.82. The first-order chi connectivity index (χ1) is 9.65. The van der Waals surface area contributed by atoms with Gasteiger partial charge in [0, 0.05) is 10.2 Å². The van der Waals surface area contributed by atoms with E-state index in [0.717, 1.165) is 35.7 Å². The lowest BCUT2D eigenvalue weighted by Gasteiger charge is -2.06. The molecule has 3 nitrogen and oxygen atoms in total. The average molecular weight is 414 g/mol. The average Bonchev–Trinajstić information content (AvgIpc) is 2.80. The standard InChI is InChI=1S/C14H10Br2N2OS/c1-19-12-4-3-9(7-10(12)16)17-14-18-11-6-8(15)2-5-13(11)20-14/h2-7H,1H3,(H,17,18). The second-order valence-electron chi connectivity index (χ2n) is 4.11. The Morgan fingerprint density at radius 1 is 1.15 bits per heavy atom. The third-order valence-electron chi connectivity index (χ3n) is 2.75. The molecule has 0 aliphatic heterocycles. The molecule has 0 radical (unpaired) electrons. The van der Waals surface area contributed by atoms with Crippen LogP contribution in [-0.2, 0) is 0 Å². The first kappa shape index (κ1) is 13.9. The zero-order chi connectivity index (χ0) is 14.1. The molecule has 0 aliphatic carbocycles. The number of thiazole rings is 1. The van der Waals surface area contributed by atoms with Crippen molar-refractivity contribution in [3.63, 3.8) is 0 Å². The fourth-order valence-electron chi connectivity index (χ4n) is 1.82. The lowest BCUT2D eigenvalue weighted by Crippen LogP contribution is -1.90. The van der Waals surface area contributed by atoms with Crippen molar-refractivity contribution in [3.05, 3.63) is 45.3 Å². The van der Waals surface area contributed by atoms with Crippen molar-refractivity contribution in [2.24, 2.45) is 0 Å². The first-order valence-corrected chi connectivity index (χ1v) is 8.22. The van der Waals surface area contributed by atoms with E-state index < -0.39 is 0 Å². The summed E-state index contributed by atoms with van der Waals surface area (Å²) >= 11 is 8.56. The van der Waals surface area contributed by atoms with Gasteiger partial charge in [0.15, 0.2) is 5.13 Å². The molecule has 2 aromatic carbocycles. The minimum atomic E-state index is 0.809. The van der Waals surface area contributed by atoms with Gasteiger partial charge in [0.2, 0.25) is 0 Å². The Bertz CT molecular complexity index is 773. The molecule has 0 amide bonds. The second kappa shape index (κ2) is 5.71. The first-order valence-electron chi connectivity index (χ1n) is 5.82. The number of nitrogens with zero attached hydrogens (tertiary/aromatic N) is 1. The number of hydrogen-bond donors (Lipinski definition) is 1. The monoisotopic (exact) mass is 412 g/mol. The van der Waals surface area contributed by atoms with E-state index in [-0.39, 0.29) is 0 Å². The normalized spacial score (nSPS) is 10.8. The van der Waals surface area contributed by atoms with Gasteiger partial charge in [0.25, 0.3) is 0 Å². The van der Waals surface area contributed by atoms with Crippen LogP contribution in [0.25, 0.3) is 10.2 Å². The number of fused-ring (bicyclic) bond motifs is 1. The van der Waals surface area contributed by atoms with E-state index in [1.165, 1.54) is 0 Å². The van der Waals surface area contributed by atoms with Crippen LogP contribution < -0.4 is 10.1 Å². The Hall–Kier alpha value is -1.11. The van der Waals surface area contributed by atoms with Crippen molar-refractivity contribution in [2.75, 3.05) is 12.4 Å². The summed E-state index contributed by atoms with van der Waals surface area (Å²) in [5, 5.41) is 4.18. The van der Waals surface area contributed by atoms with Gasteiger partial charge < -0.3 is 10.1 Å². The maximum atomic E-state index is 5.22. The zero-order valence-electron chi connectivity index (χ0n) is 10.5. The molecule has 1 aromatic heterocycles. The van der Waals surface area contributed by atoms with Crippen LogP contribution in [0.1, 0.15) is 0 Å². The summed E-state index contributed by atoms with van der Waals surface area (Å²) < 4.78 is 8.32. The molecule has 0 saturated heterocycles. The maximum Gasteiger partial charge on any atom is 0.188 e. The van der Waals surface area contributed by atoms with Crippen molar-refractivity contribution in [3.8, 4) is 5.75 Å². The number of benzene rings is 2. The molecular formula is C14H10Br2N2OS. The molecule has 1 heterocycles. The molecule has 6 heteroatoms. The molecule has 3 rings (SSSR count). The van der Waals surface area contributed by atoms with E-state index in [9.17, 15) is 0 Å². The summed E-state index contributed by atoms with van der Waals surface area (Å²) in [6.45, 7) is 0. The zero-order valence-corrected chi connectivity index (χ0v) is 14.5. The minimum absolute atomic E-state index is 0.809. The minimum Gasteiger partial charge on any atom is -0.496 e. The topological polar surface area (TPSA) is 34.1 Å². The summed E-state index contributed by atoms with van der Waals surface area (Å²) in [6, 6.07) is 11.9. The van der Waals surface area contributed by atoms with Gasteiger partial charge in [-0.15, -0.1) is 0 Å². The van der Waals surface area contributed by atoms with Gasteiger partial charge in [0.1, 0.15) is 5.75 Å². The van der Waals surface area contributed by atoms with Gasteiger partial charge in [-0.3, -0.25) is 0 Å². The quantitative estimate of drug-likeness (QED) is 0.609. The van der Waals surface area contributed by atoms with Crippen LogP contribution in [0.15, 0.2) is 45.3 Å². The molecule has 0 saturated carbocycles. The van der Waals surface area contributed by atoms with Gasteiger partial charge in [-0.2, -0.15) is 0 Å². The summed E-state index contributed by atoms with van der Waals surface area (Å²) in [7, 11) is 1.65. The van der Waals surface area contributed by atoms with E-state index >= 15 is 0 Å². The Morgan fingerprint density at radius 2 is 2.00 bits per heavy atom. The molecule has 0 spiro atoms. The van der Waals surface area contributed by atoms with Gasteiger partial charge in [0.05, 0.1) is 21.8 Å². The number of halogens is 2. The summed E-state index contributed by atoms with van der Waals surface area (Å²) in [4.78, 5) is 4.57. The van der Waals surface area contributed by atoms with Crippen LogP contribution in [0.5, 0.6) is 5.75 Å². The van der Waals surface area contributed by atoms with Gasteiger partial charge in [-0.05, 0) is 52.3 Å². The van der Waals surface area contributed by atoms with Crippen LogP contribution in [-0.4, -0.2) is 12.1 Å². The molecule has 0 bridgehead atoms. The number of methoxy groups -OCH3 is 1. The van der Waals surface area contributed by atoms with Crippen LogP contribution in [0.4, 0.5) is 10.8 Å². The Kier molecular flexibility index (Phi) is 3.96. The number of nitrogens with one attached hydrogen (secondary N) is 1. The van der Waals surface area contributed by atoms with E-state index in [1.807, 2.05) is 30.3 Å². The Balaban J connectivity index is 1.90. The molecule has 0 fully saturated rings. The highest BCUT2D eigenvalue weighted by atomic mass is 79.9. The van der Waals surface area contributed by atoms with E-state index in [4.69, 9.17) is 4.74 Å². The number of rotatable bonds is 3. The fraction of sp³-hybridized carbons (Fsp3) is 0.0714. The summed E-state index contributed by atoms with van der Waals surface area (Å²) in [6.07, 6.45) is 0. The molecule has 102 valence electrons. The lowest BCUT2D eigenvalue weighted by atomic mass is 10.3. The van der Waals surface area contributed by atoms with E-state index in [0.29, 0.717) is 0 Å². The molecule has 3 aromatic rings. The van der Waals surface area contributed by atoms with Gasteiger partial charge >= 0.3 is 0 Å². The number of ether oxygens (including phenoxy) is 1. The molecule has 0 unspecified atom stereocenters. The Labute approximate surface area is 137 Å². The van der Waals surface area contributed by atoms with E-state index in [1.54, 1.807) is 18.4 Å². The van der Waals surface area contributed by atoms with Crippen molar-refractivity contribution in [1.29, 1.82) is 0 Å². The summed E-state index contributed by atoms with van der Waals surface area (Å²) in [5.74, 6) is 0.809. The van der Waals surface area contributed by atoms with Crippen molar-refractivity contribution in [1.82, 2.24) is 4.98 Å². The highest BCUT2D eigenvalue weighted by Gasteiger charge is 2.06. The molecule has 0 aliphatic rings. The SMILES string of the molecule is COc1ccc(Nc2nc3cc(Br)ccc3s2)cc1Br. The lowest BCUT2D eigenvalue weighted by molar-refractivity contribution is 0.412. The van der Waals surface area contributed by atoms with Gasteiger partial charge in [-0.25, -0.2) is 4.98 Å². The molecule has 1 N–H and O–H groups in total.